The molecule has 0 aromatic heterocycles. The van der Waals surface area contributed by atoms with Crippen molar-refractivity contribution >= 4 is 18.4 Å². The molecule has 0 aliphatic carbocycles. The van der Waals surface area contributed by atoms with E-state index in [1.165, 1.54) is 0 Å². The van der Waals surface area contributed by atoms with Crippen molar-refractivity contribution in [1.82, 2.24) is 0 Å². The molecule has 0 spiro atoms. The van der Waals surface area contributed by atoms with E-state index in [4.69, 9.17) is 10.8 Å². The first kappa shape index (κ1) is 10.6. The van der Waals surface area contributed by atoms with Crippen LogP contribution in [0.25, 0.3) is 0 Å². The lowest BCUT2D eigenvalue weighted by molar-refractivity contribution is -0.151. The van der Waals surface area contributed by atoms with E-state index >= 15 is 0 Å². The Morgan fingerprint density at radius 1 is 1.58 bits per heavy atom. The number of carboxylic acids is 1. The second-order valence-corrected chi connectivity index (χ2v) is 2.07. The van der Waals surface area contributed by atoms with E-state index in [-0.39, 0.29) is 19.3 Å². The van der Waals surface area contributed by atoms with Crippen molar-refractivity contribution in [2.45, 2.75) is 18.9 Å². The lowest BCUT2D eigenvalue weighted by Gasteiger charge is -2.02. The maximum atomic E-state index is 10.5. The number of aliphatic carboxylic acids is 1. The van der Waals surface area contributed by atoms with Crippen LogP contribution in [0.1, 0.15) is 12.8 Å². The van der Waals surface area contributed by atoms with Crippen LogP contribution in [0.5, 0.6) is 0 Å². The Morgan fingerprint density at radius 2 is 2.17 bits per heavy atom. The zero-order valence-corrected chi connectivity index (χ0v) is 6.23. The molecule has 0 amide bonds. The molecule has 0 rings (SSSR count). The number of carbonyl (C=O) groups excluding carboxylic acids is 2. The van der Waals surface area contributed by atoms with Crippen LogP contribution in [0, 0.1) is 0 Å². The van der Waals surface area contributed by atoms with Crippen molar-refractivity contribution in [1.29, 1.82) is 0 Å². The van der Waals surface area contributed by atoms with Gasteiger partial charge in [-0.15, -0.1) is 0 Å². The monoisotopic (exact) mass is 175 g/mol. The fourth-order valence-electron chi connectivity index (χ4n) is 0.509. The predicted octanol–water partition coefficient (Wildman–Crippen LogP) is -1.12. The molecule has 0 aliphatic rings. The summed E-state index contributed by atoms with van der Waals surface area (Å²) in [4.78, 5) is 30.2. The second-order valence-electron chi connectivity index (χ2n) is 2.07. The van der Waals surface area contributed by atoms with Gasteiger partial charge in [-0.25, -0.2) is 0 Å². The average molecular weight is 175 g/mol. The molecule has 0 saturated heterocycles. The van der Waals surface area contributed by atoms with E-state index < -0.39 is 18.0 Å². The minimum Gasteiger partial charge on any atom is -0.480 e. The van der Waals surface area contributed by atoms with Crippen molar-refractivity contribution in [2.24, 2.45) is 5.73 Å². The van der Waals surface area contributed by atoms with Crippen molar-refractivity contribution in [3.8, 4) is 0 Å². The molecule has 0 bridgehead atoms. The summed E-state index contributed by atoms with van der Waals surface area (Å²) in [6.07, 6.45) is -0.214. The first-order valence-corrected chi connectivity index (χ1v) is 3.19. The van der Waals surface area contributed by atoms with E-state index in [0.29, 0.717) is 0 Å². The van der Waals surface area contributed by atoms with Crippen LogP contribution in [0.15, 0.2) is 0 Å². The SMILES string of the molecule is N[C@@H](CCC(=O)OC=O)C(=O)O. The minimum absolute atomic E-state index is 0.00533. The van der Waals surface area contributed by atoms with E-state index in [0.717, 1.165) is 0 Å². The number of carboxylic acid groups (broad SMARTS) is 1. The fourth-order valence-corrected chi connectivity index (χ4v) is 0.509. The molecule has 0 saturated carbocycles. The summed E-state index contributed by atoms with van der Waals surface area (Å²) in [5.74, 6) is -1.96. The maximum absolute atomic E-state index is 10.5. The Kier molecular flexibility index (Phi) is 4.62. The molecule has 0 heterocycles. The lowest BCUT2D eigenvalue weighted by Crippen LogP contribution is -2.30. The van der Waals surface area contributed by atoms with Crippen LogP contribution >= 0.6 is 0 Å². The van der Waals surface area contributed by atoms with Gasteiger partial charge in [-0.3, -0.25) is 14.4 Å². The number of hydrogen-bond donors (Lipinski definition) is 2. The van der Waals surface area contributed by atoms with Crippen LogP contribution in [0.4, 0.5) is 0 Å². The van der Waals surface area contributed by atoms with Gasteiger partial charge in [-0.05, 0) is 6.42 Å². The van der Waals surface area contributed by atoms with Crippen molar-refractivity contribution in [3.63, 3.8) is 0 Å². The highest BCUT2D eigenvalue weighted by atomic mass is 16.6. The number of ether oxygens (including phenoxy) is 1. The minimum atomic E-state index is -1.19. The summed E-state index contributed by atoms with van der Waals surface area (Å²) < 4.78 is 3.90. The Balaban J connectivity index is 3.60. The Hall–Kier alpha value is -1.43. The van der Waals surface area contributed by atoms with Crippen LogP contribution in [-0.4, -0.2) is 29.6 Å². The molecule has 6 nitrogen and oxygen atoms in total. The molecule has 0 radical (unpaired) electrons. The first-order chi connectivity index (χ1) is 5.57. The quantitative estimate of drug-likeness (QED) is 0.311. The smallest absolute Gasteiger partial charge is 0.320 e. The predicted molar refractivity (Wildman–Crippen MR) is 37.0 cm³/mol. The normalized spacial score (nSPS) is 11.8. The Labute approximate surface area is 68.3 Å². The van der Waals surface area contributed by atoms with E-state index in [9.17, 15) is 14.4 Å². The fraction of sp³-hybridized carbons (Fsp3) is 0.500. The molecule has 0 aromatic rings. The average Bonchev–Trinajstić information content (AvgIpc) is 2.00. The van der Waals surface area contributed by atoms with Crippen LogP contribution in [0.3, 0.4) is 0 Å². The summed E-state index contributed by atoms with van der Waals surface area (Å²) >= 11 is 0. The molecule has 6 heteroatoms. The molecule has 0 aliphatic heterocycles. The van der Waals surface area contributed by atoms with Gasteiger partial charge in [-0.2, -0.15) is 0 Å². The summed E-state index contributed by atoms with van der Waals surface area (Å²) in [6, 6.07) is -1.09. The van der Waals surface area contributed by atoms with Gasteiger partial charge in [0, 0.05) is 6.42 Å². The Morgan fingerprint density at radius 3 is 2.58 bits per heavy atom. The van der Waals surface area contributed by atoms with Gasteiger partial charge in [0.05, 0.1) is 0 Å². The third kappa shape index (κ3) is 4.40. The molecular weight excluding hydrogens is 166 g/mol. The highest BCUT2D eigenvalue weighted by molar-refractivity contribution is 5.78. The van der Waals surface area contributed by atoms with Gasteiger partial charge >= 0.3 is 18.4 Å². The van der Waals surface area contributed by atoms with Crippen LogP contribution < -0.4 is 5.73 Å². The number of esters is 1. The first-order valence-electron chi connectivity index (χ1n) is 3.19. The Bertz CT molecular complexity index is 190. The topological polar surface area (TPSA) is 107 Å². The van der Waals surface area contributed by atoms with Gasteiger partial charge in [0.25, 0.3) is 0 Å². The lowest BCUT2D eigenvalue weighted by atomic mass is 10.2. The van der Waals surface area contributed by atoms with E-state index in [2.05, 4.69) is 4.74 Å². The van der Waals surface area contributed by atoms with Crippen molar-refractivity contribution in [3.05, 3.63) is 0 Å². The maximum Gasteiger partial charge on any atom is 0.320 e. The largest absolute Gasteiger partial charge is 0.480 e. The highest BCUT2D eigenvalue weighted by Crippen LogP contribution is 1.95. The third-order valence-corrected chi connectivity index (χ3v) is 1.16. The molecular formula is C6H9NO5. The second kappa shape index (κ2) is 5.25. The van der Waals surface area contributed by atoms with Gasteiger partial charge in [0.2, 0.25) is 0 Å². The standard InChI is InChI=1S/C6H9NO5/c7-4(6(10)11)1-2-5(9)12-3-8/h3-4H,1-2,7H2,(H,10,11)/t4-/m0/s1. The molecule has 0 unspecified atom stereocenters. The highest BCUT2D eigenvalue weighted by Gasteiger charge is 2.13. The molecule has 0 aromatic carbocycles. The van der Waals surface area contributed by atoms with Crippen LogP contribution in [0.2, 0.25) is 0 Å². The number of nitrogens with two attached hydrogens (primary N) is 1. The summed E-state index contributed by atoms with van der Waals surface area (Å²) in [7, 11) is 0. The van der Waals surface area contributed by atoms with Crippen LogP contribution in [-0.2, 0) is 19.1 Å². The van der Waals surface area contributed by atoms with Gasteiger partial charge in [0.1, 0.15) is 6.04 Å². The number of hydrogen-bond acceptors (Lipinski definition) is 5. The summed E-state index contributed by atoms with van der Waals surface area (Å²) in [5, 5.41) is 8.28. The third-order valence-electron chi connectivity index (χ3n) is 1.16. The summed E-state index contributed by atoms with van der Waals surface area (Å²) in [5.41, 5.74) is 5.07. The molecule has 1 atom stereocenters. The molecule has 0 fully saturated rings. The molecule has 12 heavy (non-hydrogen) atoms. The number of rotatable bonds is 5. The van der Waals surface area contributed by atoms with E-state index in [1.54, 1.807) is 0 Å². The van der Waals surface area contributed by atoms with Gasteiger partial charge in [-0.1, -0.05) is 0 Å². The number of carbonyl (C=O) groups is 3. The molecule has 3 N–H and O–H groups in total. The van der Waals surface area contributed by atoms with Gasteiger partial charge in [0.15, 0.2) is 0 Å². The summed E-state index contributed by atoms with van der Waals surface area (Å²) in [6.45, 7) is -0.00533. The molecule has 68 valence electrons. The van der Waals surface area contributed by atoms with Crippen molar-refractivity contribution in [2.75, 3.05) is 0 Å². The van der Waals surface area contributed by atoms with E-state index in [1.807, 2.05) is 0 Å². The zero-order valence-electron chi connectivity index (χ0n) is 6.23. The van der Waals surface area contributed by atoms with Crippen molar-refractivity contribution < 1.29 is 24.2 Å². The zero-order chi connectivity index (χ0) is 9.56. The van der Waals surface area contributed by atoms with Gasteiger partial charge < -0.3 is 15.6 Å².